The summed E-state index contributed by atoms with van der Waals surface area (Å²) < 4.78 is 11.3. The lowest BCUT2D eigenvalue weighted by Gasteiger charge is -2.24. The molecule has 0 saturated carbocycles. The predicted octanol–water partition coefficient (Wildman–Crippen LogP) is 3.95. The highest BCUT2D eigenvalue weighted by Gasteiger charge is 2.24. The Morgan fingerprint density at radius 2 is 1.88 bits per heavy atom. The van der Waals surface area contributed by atoms with E-state index in [9.17, 15) is 4.79 Å². The van der Waals surface area contributed by atoms with Crippen LogP contribution in [0.1, 0.15) is 28.4 Å². The number of benzene rings is 2. The number of nitrogens with zero attached hydrogens (tertiary/aromatic N) is 2. The standard InChI is InChI=1S/C21H20N2O3/c24-21(18-9-7-17(8-10-18)19-13-22-15-26-19)23-11-4-12-25-20(14-23)16-5-2-1-3-6-16/h1-3,5-10,13,15,20H,4,11-12,14H2. The van der Waals surface area contributed by atoms with E-state index in [0.717, 1.165) is 17.5 Å². The Morgan fingerprint density at radius 1 is 1.08 bits per heavy atom. The van der Waals surface area contributed by atoms with Gasteiger partial charge in [0.2, 0.25) is 0 Å². The normalized spacial score (nSPS) is 17.7. The van der Waals surface area contributed by atoms with Crippen molar-refractivity contribution in [1.29, 1.82) is 0 Å². The molecule has 1 amide bonds. The van der Waals surface area contributed by atoms with Crippen LogP contribution >= 0.6 is 0 Å². The summed E-state index contributed by atoms with van der Waals surface area (Å²) in [5, 5.41) is 0. The van der Waals surface area contributed by atoms with Crippen LogP contribution in [0.25, 0.3) is 11.3 Å². The fraction of sp³-hybridized carbons (Fsp3) is 0.238. The molecule has 0 N–H and O–H groups in total. The largest absolute Gasteiger partial charge is 0.444 e. The summed E-state index contributed by atoms with van der Waals surface area (Å²) in [6.45, 7) is 1.92. The molecule has 5 heteroatoms. The summed E-state index contributed by atoms with van der Waals surface area (Å²) in [7, 11) is 0. The zero-order chi connectivity index (χ0) is 17.8. The summed E-state index contributed by atoms with van der Waals surface area (Å²) >= 11 is 0. The van der Waals surface area contributed by atoms with E-state index < -0.39 is 0 Å². The van der Waals surface area contributed by atoms with E-state index in [2.05, 4.69) is 4.98 Å². The van der Waals surface area contributed by atoms with Crippen molar-refractivity contribution in [1.82, 2.24) is 9.88 Å². The molecule has 132 valence electrons. The lowest BCUT2D eigenvalue weighted by Crippen LogP contribution is -2.34. The molecule has 1 aliphatic rings. The number of ether oxygens (including phenoxy) is 1. The minimum atomic E-state index is -0.0869. The Hall–Kier alpha value is -2.92. The average Bonchev–Trinajstić information content (AvgIpc) is 3.13. The first-order valence-corrected chi connectivity index (χ1v) is 8.76. The van der Waals surface area contributed by atoms with E-state index in [0.29, 0.717) is 31.0 Å². The second kappa shape index (κ2) is 7.54. The Bertz CT molecular complexity index is 845. The zero-order valence-electron chi connectivity index (χ0n) is 14.4. The van der Waals surface area contributed by atoms with Gasteiger partial charge in [0.1, 0.15) is 6.10 Å². The van der Waals surface area contributed by atoms with E-state index in [4.69, 9.17) is 9.15 Å². The summed E-state index contributed by atoms with van der Waals surface area (Å²) in [5.41, 5.74) is 2.68. The minimum absolute atomic E-state index is 0.0283. The summed E-state index contributed by atoms with van der Waals surface area (Å²) in [4.78, 5) is 18.8. The lowest BCUT2D eigenvalue weighted by atomic mass is 10.1. The van der Waals surface area contributed by atoms with Gasteiger partial charge in [-0.3, -0.25) is 4.79 Å². The minimum Gasteiger partial charge on any atom is -0.444 e. The first-order chi connectivity index (χ1) is 12.8. The van der Waals surface area contributed by atoms with Crippen molar-refractivity contribution in [3.8, 4) is 11.3 Å². The van der Waals surface area contributed by atoms with E-state index in [1.807, 2.05) is 59.5 Å². The molecule has 1 unspecified atom stereocenters. The summed E-state index contributed by atoms with van der Waals surface area (Å²) in [5.74, 6) is 0.719. The molecule has 1 aromatic heterocycles. The number of hydrogen-bond acceptors (Lipinski definition) is 4. The maximum Gasteiger partial charge on any atom is 0.253 e. The third kappa shape index (κ3) is 3.53. The van der Waals surface area contributed by atoms with Gasteiger partial charge in [-0.05, 0) is 24.1 Å². The van der Waals surface area contributed by atoms with Crippen molar-refractivity contribution < 1.29 is 13.9 Å². The van der Waals surface area contributed by atoms with Gasteiger partial charge in [-0.2, -0.15) is 0 Å². The van der Waals surface area contributed by atoms with E-state index in [-0.39, 0.29) is 12.0 Å². The van der Waals surface area contributed by atoms with Crippen LogP contribution in [-0.2, 0) is 4.74 Å². The predicted molar refractivity (Wildman–Crippen MR) is 97.6 cm³/mol. The van der Waals surface area contributed by atoms with Gasteiger partial charge < -0.3 is 14.1 Å². The van der Waals surface area contributed by atoms with Gasteiger partial charge in [0, 0.05) is 24.3 Å². The fourth-order valence-electron chi connectivity index (χ4n) is 3.20. The van der Waals surface area contributed by atoms with Gasteiger partial charge in [-0.15, -0.1) is 0 Å². The van der Waals surface area contributed by atoms with Crippen LogP contribution < -0.4 is 0 Å². The Morgan fingerprint density at radius 3 is 2.62 bits per heavy atom. The van der Waals surface area contributed by atoms with Crippen molar-refractivity contribution in [3.05, 3.63) is 78.3 Å². The smallest absolute Gasteiger partial charge is 0.253 e. The molecule has 26 heavy (non-hydrogen) atoms. The summed E-state index contributed by atoms with van der Waals surface area (Å²) in [6.07, 6.45) is 3.81. The number of aromatic nitrogens is 1. The Balaban J connectivity index is 1.51. The molecule has 1 aliphatic heterocycles. The first kappa shape index (κ1) is 16.5. The number of carbonyl (C=O) groups is 1. The van der Waals surface area contributed by atoms with Crippen molar-refractivity contribution in [2.75, 3.05) is 19.7 Å². The fourth-order valence-corrected chi connectivity index (χ4v) is 3.20. The van der Waals surface area contributed by atoms with Crippen LogP contribution in [0, 0.1) is 0 Å². The first-order valence-electron chi connectivity index (χ1n) is 8.76. The maximum absolute atomic E-state index is 13.0. The van der Waals surface area contributed by atoms with Gasteiger partial charge in [-0.25, -0.2) is 4.98 Å². The monoisotopic (exact) mass is 348 g/mol. The number of rotatable bonds is 3. The van der Waals surface area contributed by atoms with Crippen LogP contribution in [0.2, 0.25) is 0 Å². The topological polar surface area (TPSA) is 55.6 Å². The molecule has 4 rings (SSSR count). The van der Waals surface area contributed by atoms with Gasteiger partial charge >= 0.3 is 0 Å². The summed E-state index contributed by atoms with van der Waals surface area (Å²) in [6, 6.07) is 17.5. The van der Waals surface area contributed by atoms with Crippen LogP contribution in [0.3, 0.4) is 0 Å². The van der Waals surface area contributed by atoms with Gasteiger partial charge in [0.15, 0.2) is 12.2 Å². The van der Waals surface area contributed by atoms with Crippen molar-refractivity contribution in [3.63, 3.8) is 0 Å². The number of carbonyl (C=O) groups excluding carboxylic acids is 1. The molecule has 3 aromatic rings. The van der Waals surface area contributed by atoms with Crippen LogP contribution in [0.4, 0.5) is 0 Å². The van der Waals surface area contributed by atoms with Crippen molar-refractivity contribution >= 4 is 5.91 Å². The highest BCUT2D eigenvalue weighted by Crippen LogP contribution is 2.24. The number of amides is 1. The zero-order valence-corrected chi connectivity index (χ0v) is 14.4. The SMILES string of the molecule is O=C(c1ccc(-c2cnco2)cc1)N1CCCOC(c2ccccc2)C1. The molecular weight excluding hydrogens is 328 g/mol. The third-order valence-electron chi connectivity index (χ3n) is 4.58. The van der Waals surface area contributed by atoms with Crippen molar-refractivity contribution in [2.24, 2.45) is 0 Å². The lowest BCUT2D eigenvalue weighted by molar-refractivity contribution is 0.0472. The molecule has 0 bridgehead atoms. The van der Waals surface area contributed by atoms with Gasteiger partial charge in [-0.1, -0.05) is 42.5 Å². The molecule has 0 spiro atoms. The molecule has 2 heterocycles. The van der Waals surface area contributed by atoms with Crippen LogP contribution in [-0.4, -0.2) is 35.5 Å². The molecule has 1 saturated heterocycles. The highest BCUT2D eigenvalue weighted by molar-refractivity contribution is 5.94. The Labute approximate surface area is 152 Å². The molecule has 1 atom stereocenters. The second-order valence-electron chi connectivity index (χ2n) is 6.32. The molecule has 2 aromatic carbocycles. The number of hydrogen-bond donors (Lipinski definition) is 0. The quantitative estimate of drug-likeness (QED) is 0.719. The third-order valence-corrected chi connectivity index (χ3v) is 4.58. The van der Waals surface area contributed by atoms with E-state index in [1.165, 1.54) is 6.39 Å². The van der Waals surface area contributed by atoms with Crippen LogP contribution in [0.5, 0.6) is 0 Å². The maximum atomic E-state index is 13.0. The molecular formula is C21H20N2O3. The van der Waals surface area contributed by atoms with Crippen LogP contribution in [0.15, 0.2) is 71.6 Å². The van der Waals surface area contributed by atoms with Gasteiger partial charge in [0.25, 0.3) is 5.91 Å². The Kier molecular flexibility index (Phi) is 4.80. The molecule has 1 fully saturated rings. The molecule has 0 aliphatic carbocycles. The van der Waals surface area contributed by atoms with Crippen molar-refractivity contribution in [2.45, 2.75) is 12.5 Å². The molecule has 5 nitrogen and oxygen atoms in total. The number of oxazole rings is 1. The van der Waals surface area contributed by atoms with E-state index in [1.54, 1.807) is 6.20 Å². The molecule has 0 radical (unpaired) electrons. The average molecular weight is 348 g/mol. The highest BCUT2D eigenvalue weighted by atomic mass is 16.5. The second-order valence-corrected chi connectivity index (χ2v) is 6.32. The van der Waals surface area contributed by atoms with Gasteiger partial charge in [0.05, 0.1) is 12.7 Å². The van der Waals surface area contributed by atoms with E-state index >= 15 is 0 Å².